The van der Waals surface area contributed by atoms with E-state index in [1.165, 1.54) is 36.9 Å². The molecule has 0 radical (unpaired) electrons. The van der Waals surface area contributed by atoms with Gasteiger partial charge in [-0.05, 0) is 41.3 Å². The normalized spacial score (nSPS) is 8.71. The van der Waals surface area contributed by atoms with Crippen molar-refractivity contribution in [1.29, 1.82) is 0 Å². The number of nitrogen functional groups attached to an aromatic ring is 1. The Kier molecular flexibility index (Phi) is 21.0. The molecular weight excluding hydrogens is 783 g/mol. The number of hydrogen-bond acceptors (Lipinski definition) is 9. The number of rotatable bonds is 6. The largest absolute Gasteiger partial charge is 0.495 e. The molecule has 0 spiro atoms. The Balaban J connectivity index is 0. The Morgan fingerprint density at radius 1 is 0.882 bits per heavy atom. The maximum atomic E-state index is 11.3. The molecule has 0 aliphatic carbocycles. The van der Waals surface area contributed by atoms with Gasteiger partial charge in [-0.15, -0.1) is 0 Å². The van der Waals surface area contributed by atoms with Crippen LogP contribution in [0.4, 0.5) is 11.4 Å². The molecule has 0 unspecified atom stereocenters. The van der Waals surface area contributed by atoms with E-state index < -0.39 is 11.9 Å². The minimum absolute atomic E-state index is 0.264. The number of nitrogens with one attached hydrogen (secondary N) is 1. The number of benzene rings is 2. The standard InChI is InChI=1S/C11H14N2O3.C9H11NO3.CH2I2.CH3I/c1-7(12)13-9-6-8(11(14)16-3)4-5-10(9)15-2;1-12-8-4-3-6(5-7(8)10)9(11)13-2;2-1-3;1-2/h4-6,13H,1,12H2,2-3H3;3-5H,10H2,1-2H3;1H2;1H3. The summed E-state index contributed by atoms with van der Waals surface area (Å²) in [6, 6.07) is 9.59. The molecule has 0 fully saturated rings. The van der Waals surface area contributed by atoms with Crippen molar-refractivity contribution in [2.24, 2.45) is 5.73 Å². The first-order valence-corrected chi connectivity index (χ1v) is 14.4. The highest BCUT2D eigenvalue weighted by Crippen LogP contribution is 2.26. The van der Waals surface area contributed by atoms with Gasteiger partial charge in [0.15, 0.2) is 0 Å². The average molecular weight is 813 g/mol. The minimum atomic E-state index is -0.423. The molecule has 0 saturated carbocycles. The van der Waals surface area contributed by atoms with E-state index in [1.54, 1.807) is 30.3 Å². The van der Waals surface area contributed by atoms with Gasteiger partial charge in [0.25, 0.3) is 0 Å². The first-order chi connectivity index (χ1) is 16.2. The number of carbonyl (C=O) groups excluding carboxylic acids is 2. The molecule has 5 N–H and O–H groups in total. The molecule has 0 saturated heterocycles. The molecule has 0 amide bonds. The van der Waals surface area contributed by atoms with Gasteiger partial charge in [-0.1, -0.05) is 74.4 Å². The molecule has 0 aliphatic heterocycles. The van der Waals surface area contributed by atoms with Crippen LogP contribution in [0.2, 0.25) is 0 Å². The zero-order chi connectivity index (χ0) is 26.7. The van der Waals surface area contributed by atoms with Crippen LogP contribution < -0.4 is 26.3 Å². The molecule has 0 atom stereocenters. The smallest absolute Gasteiger partial charge is 0.337 e. The number of methoxy groups -OCH3 is 4. The van der Waals surface area contributed by atoms with Crippen molar-refractivity contribution in [1.82, 2.24) is 0 Å². The van der Waals surface area contributed by atoms with Crippen LogP contribution in [-0.4, -0.2) is 47.7 Å². The van der Waals surface area contributed by atoms with Gasteiger partial charge in [0.1, 0.15) is 11.5 Å². The van der Waals surface area contributed by atoms with Crippen LogP contribution in [0.5, 0.6) is 11.5 Å². The van der Waals surface area contributed by atoms with Crippen molar-refractivity contribution in [3.8, 4) is 11.5 Å². The molecule has 9 nitrogen and oxygen atoms in total. The second kappa shape index (κ2) is 20.7. The molecule has 0 bridgehead atoms. The number of ether oxygens (including phenoxy) is 4. The number of hydrogen-bond donors (Lipinski definition) is 3. The Morgan fingerprint density at radius 2 is 1.29 bits per heavy atom. The van der Waals surface area contributed by atoms with Gasteiger partial charge in [0.05, 0.1) is 59.2 Å². The topological polar surface area (TPSA) is 135 Å². The van der Waals surface area contributed by atoms with E-state index in [4.69, 9.17) is 20.9 Å². The van der Waals surface area contributed by atoms with E-state index >= 15 is 0 Å². The highest BCUT2D eigenvalue weighted by atomic mass is 127. The summed E-state index contributed by atoms with van der Waals surface area (Å²) in [5, 5.41) is 2.79. The van der Waals surface area contributed by atoms with Gasteiger partial charge < -0.3 is 35.7 Å². The maximum absolute atomic E-state index is 11.3. The lowest BCUT2D eigenvalue weighted by Crippen LogP contribution is -2.09. The predicted molar refractivity (Wildman–Crippen MR) is 163 cm³/mol. The number of nitrogens with two attached hydrogens (primary N) is 2. The second-order valence-corrected chi connectivity index (χ2v) is 10.1. The van der Waals surface area contributed by atoms with E-state index in [1.807, 2.05) is 4.93 Å². The molecule has 2 aromatic carbocycles. The molecule has 2 aromatic rings. The highest BCUT2D eigenvalue weighted by Gasteiger charge is 2.10. The van der Waals surface area contributed by atoms with Crippen molar-refractivity contribution in [3.05, 3.63) is 59.9 Å². The van der Waals surface area contributed by atoms with Crippen molar-refractivity contribution < 1.29 is 28.5 Å². The lowest BCUT2D eigenvalue weighted by Gasteiger charge is -2.11. The average Bonchev–Trinajstić information content (AvgIpc) is 2.84. The molecular formula is C22H30I3N3O6. The Morgan fingerprint density at radius 3 is 1.65 bits per heavy atom. The van der Waals surface area contributed by atoms with E-state index in [0.29, 0.717) is 34.0 Å². The SMILES string of the molecule is C=C(N)Nc1cc(C(=O)OC)ccc1OC.CI.COC(=O)c1ccc(OC)c(N)c1.ICI. The summed E-state index contributed by atoms with van der Waals surface area (Å²) in [5.74, 6) is 0.551. The fourth-order valence-corrected chi connectivity index (χ4v) is 2.20. The fourth-order valence-electron chi connectivity index (χ4n) is 2.20. The molecule has 0 aromatic heterocycles. The summed E-state index contributed by atoms with van der Waals surface area (Å²) in [6.45, 7) is 3.52. The van der Waals surface area contributed by atoms with Crippen molar-refractivity contribution in [3.63, 3.8) is 0 Å². The number of carbonyl (C=O) groups is 2. The first-order valence-electron chi connectivity index (χ1n) is 9.18. The summed E-state index contributed by atoms with van der Waals surface area (Å²) >= 11 is 6.70. The maximum Gasteiger partial charge on any atom is 0.337 e. The van der Waals surface area contributed by atoms with E-state index in [2.05, 4.69) is 89.1 Å². The third-order valence-corrected chi connectivity index (χ3v) is 3.57. The fraction of sp³-hybridized carbons (Fsp3) is 0.273. The van der Waals surface area contributed by atoms with E-state index in [0.717, 1.165) is 0 Å². The summed E-state index contributed by atoms with van der Waals surface area (Å²) in [7, 11) is 5.69. The number of halogens is 3. The minimum Gasteiger partial charge on any atom is -0.495 e. The summed E-state index contributed by atoms with van der Waals surface area (Å²) < 4.78 is 20.4. The number of alkyl halides is 3. The second-order valence-electron chi connectivity index (χ2n) is 5.61. The third-order valence-electron chi connectivity index (χ3n) is 3.57. The van der Waals surface area contributed by atoms with Crippen LogP contribution >= 0.6 is 67.8 Å². The van der Waals surface area contributed by atoms with E-state index in [-0.39, 0.29) is 5.82 Å². The zero-order valence-electron chi connectivity index (χ0n) is 19.6. The van der Waals surface area contributed by atoms with Crippen molar-refractivity contribution in [2.75, 3.05) is 46.9 Å². The lowest BCUT2D eigenvalue weighted by atomic mass is 10.2. The van der Waals surface area contributed by atoms with Gasteiger partial charge in [-0.3, -0.25) is 0 Å². The van der Waals surface area contributed by atoms with Crippen LogP contribution in [0.25, 0.3) is 0 Å². The van der Waals surface area contributed by atoms with Gasteiger partial charge in [-0.2, -0.15) is 0 Å². The first kappa shape index (κ1) is 34.5. The van der Waals surface area contributed by atoms with Gasteiger partial charge in [0.2, 0.25) is 0 Å². The van der Waals surface area contributed by atoms with Crippen LogP contribution in [0, 0.1) is 0 Å². The molecule has 0 heterocycles. The molecule has 12 heteroatoms. The van der Waals surface area contributed by atoms with Crippen LogP contribution in [0.3, 0.4) is 0 Å². The van der Waals surface area contributed by atoms with E-state index in [9.17, 15) is 9.59 Å². The van der Waals surface area contributed by atoms with Gasteiger partial charge >= 0.3 is 11.9 Å². The summed E-state index contributed by atoms with van der Waals surface area (Å²) in [5.41, 5.74) is 12.8. The summed E-state index contributed by atoms with van der Waals surface area (Å²) in [6.07, 6.45) is 0. The molecule has 34 heavy (non-hydrogen) atoms. The van der Waals surface area contributed by atoms with Crippen LogP contribution in [0.1, 0.15) is 20.7 Å². The molecule has 0 aliphatic rings. The third kappa shape index (κ3) is 13.3. The quantitative estimate of drug-likeness (QED) is 0.155. The Hall–Kier alpha value is -1.69. The Labute approximate surface area is 241 Å². The zero-order valence-corrected chi connectivity index (χ0v) is 26.1. The van der Waals surface area contributed by atoms with Crippen LogP contribution in [-0.2, 0) is 9.47 Å². The monoisotopic (exact) mass is 813 g/mol. The number of esters is 2. The summed E-state index contributed by atoms with van der Waals surface area (Å²) in [4.78, 5) is 24.3. The van der Waals surface area contributed by atoms with Crippen molar-refractivity contribution >= 4 is 91.1 Å². The van der Waals surface area contributed by atoms with Gasteiger partial charge in [-0.25, -0.2) is 9.59 Å². The molecule has 2 rings (SSSR count). The van der Waals surface area contributed by atoms with Crippen molar-refractivity contribution in [2.45, 2.75) is 0 Å². The predicted octanol–water partition coefficient (Wildman–Crippen LogP) is 5.25. The lowest BCUT2D eigenvalue weighted by molar-refractivity contribution is 0.0592. The van der Waals surface area contributed by atoms with Crippen LogP contribution in [0.15, 0.2) is 48.8 Å². The Bertz CT molecular complexity index is 913. The highest BCUT2D eigenvalue weighted by molar-refractivity contribution is 14.2. The van der Waals surface area contributed by atoms with Gasteiger partial charge in [0, 0.05) is 0 Å². The number of anilines is 2. The molecule has 190 valence electrons.